The van der Waals surface area contributed by atoms with Gasteiger partial charge in [-0.1, -0.05) is 12.1 Å². The molecule has 0 saturated carbocycles. The van der Waals surface area contributed by atoms with Crippen LogP contribution in [0.3, 0.4) is 0 Å². The van der Waals surface area contributed by atoms with Crippen LogP contribution in [0.2, 0.25) is 0 Å². The molecule has 0 aliphatic rings. The third kappa shape index (κ3) is 3.48. The lowest BCUT2D eigenvalue weighted by Crippen LogP contribution is -1.98. The van der Waals surface area contributed by atoms with E-state index in [1.54, 1.807) is 0 Å². The molecular formula is C9H11NO2S. The Morgan fingerprint density at radius 2 is 2.31 bits per heavy atom. The van der Waals surface area contributed by atoms with E-state index in [1.807, 2.05) is 24.3 Å². The number of carboxylic acids is 1. The van der Waals surface area contributed by atoms with Crippen LogP contribution in [0.15, 0.2) is 29.2 Å². The first-order chi connectivity index (χ1) is 6.22. The molecule has 1 aromatic carbocycles. The van der Waals surface area contributed by atoms with E-state index in [1.165, 1.54) is 11.8 Å². The van der Waals surface area contributed by atoms with E-state index >= 15 is 0 Å². The Morgan fingerprint density at radius 1 is 1.54 bits per heavy atom. The van der Waals surface area contributed by atoms with Gasteiger partial charge >= 0.3 is 5.97 Å². The third-order valence-electron chi connectivity index (χ3n) is 1.50. The third-order valence-corrected chi connectivity index (χ3v) is 2.48. The van der Waals surface area contributed by atoms with Gasteiger partial charge in [-0.05, 0) is 17.7 Å². The molecule has 13 heavy (non-hydrogen) atoms. The molecule has 0 radical (unpaired) electrons. The summed E-state index contributed by atoms with van der Waals surface area (Å²) in [5, 5.41) is 8.46. The average Bonchev–Trinajstić information content (AvgIpc) is 2.15. The molecule has 1 rings (SSSR count). The van der Waals surface area contributed by atoms with Crippen molar-refractivity contribution in [3.63, 3.8) is 0 Å². The van der Waals surface area contributed by atoms with Gasteiger partial charge in [0.2, 0.25) is 0 Å². The van der Waals surface area contributed by atoms with Crippen molar-refractivity contribution in [3.8, 4) is 0 Å². The van der Waals surface area contributed by atoms with Crippen molar-refractivity contribution in [1.29, 1.82) is 0 Å². The Hall–Kier alpha value is -1.00. The fraction of sp³-hybridized carbons (Fsp3) is 0.222. The molecule has 0 atom stereocenters. The lowest BCUT2D eigenvalue weighted by molar-refractivity contribution is -0.133. The fourth-order valence-electron chi connectivity index (χ4n) is 0.907. The van der Waals surface area contributed by atoms with Crippen LogP contribution >= 0.6 is 11.8 Å². The SMILES string of the molecule is NCc1cccc(SCC(=O)O)c1. The minimum absolute atomic E-state index is 0.0913. The van der Waals surface area contributed by atoms with Gasteiger partial charge < -0.3 is 10.8 Å². The van der Waals surface area contributed by atoms with Crippen molar-refractivity contribution in [2.75, 3.05) is 5.75 Å². The number of carboxylic acid groups (broad SMARTS) is 1. The maximum Gasteiger partial charge on any atom is 0.313 e. The van der Waals surface area contributed by atoms with Crippen LogP contribution in [0.1, 0.15) is 5.56 Å². The summed E-state index contributed by atoms with van der Waals surface area (Å²) in [5.74, 6) is -0.711. The van der Waals surface area contributed by atoms with Gasteiger partial charge in [0.05, 0.1) is 5.75 Å². The zero-order valence-electron chi connectivity index (χ0n) is 7.06. The van der Waals surface area contributed by atoms with Crippen molar-refractivity contribution in [3.05, 3.63) is 29.8 Å². The van der Waals surface area contributed by atoms with Crippen LogP contribution in [0.4, 0.5) is 0 Å². The van der Waals surface area contributed by atoms with Crippen LogP contribution in [0, 0.1) is 0 Å². The molecular weight excluding hydrogens is 186 g/mol. The summed E-state index contributed by atoms with van der Waals surface area (Å²) >= 11 is 1.30. The Kier molecular flexibility index (Phi) is 3.79. The number of hydrogen-bond acceptors (Lipinski definition) is 3. The summed E-state index contributed by atoms with van der Waals surface area (Å²) in [4.78, 5) is 11.2. The Morgan fingerprint density at radius 3 is 2.92 bits per heavy atom. The molecule has 3 nitrogen and oxygen atoms in total. The number of thioether (sulfide) groups is 1. The second kappa shape index (κ2) is 4.89. The largest absolute Gasteiger partial charge is 0.481 e. The number of aliphatic carboxylic acids is 1. The highest BCUT2D eigenvalue weighted by atomic mass is 32.2. The highest BCUT2D eigenvalue weighted by Gasteiger charge is 1.99. The van der Waals surface area contributed by atoms with Crippen molar-refractivity contribution < 1.29 is 9.90 Å². The molecule has 0 aliphatic heterocycles. The summed E-state index contributed by atoms with van der Waals surface area (Å²) in [5.41, 5.74) is 6.47. The second-order valence-corrected chi connectivity index (χ2v) is 3.58. The molecule has 0 bridgehead atoms. The summed E-state index contributed by atoms with van der Waals surface area (Å²) in [6.07, 6.45) is 0. The van der Waals surface area contributed by atoms with Gasteiger partial charge in [-0.15, -0.1) is 11.8 Å². The Labute approximate surface area is 80.9 Å². The van der Waals surface area contributed by atoms with E-state index in [0.717, 1.165) is 10.5 Å². The maximum absolute atomic E-state index is 10.3. The number of nitrogens with two attached hydrogens (primary N) is 1. The highest BCUT2D eigenvalue weighted by molar-refractivity contribution is 8.00. The second-order valence-electron chi connectivity index (χ2n) is 2.53. The van der Waals surface area contributed by atoms with E-state index < -0.39 is 5.97 Å². The summed E-state index contributed by atoms with van der Waals surface area (Å²) in [7, 11) is 0. The van der Waals surface area contributed by atoms with E-state index in [-0.39, 0.29) is 5.75 Å². The highest BCUT2D eigenvalue weighted by Crippen LogP contribution is 2.18. The minimum Gasteiger partial charge on any atom is -0.481 e. The fourth-order valence-corrected chi connectivity index (χ4v) is 1.61. The number of carbonyl (C=O) groups is 1. The van der Waals surface area contributed by atoms with Crippen molar-refractivity contribution in [1.82, 2.24) is 0 Å². The molecule has 70 valence electrons. The predicted molar refractivity (Wildman–Crippen MR) is 52.7 cm³/mol. The van der Waals surface area contributed by atoms with Crippen molar-refractivity contribution >= 4 is 17.7 Å². The first-order valence-electron chi connectivity index (χ1n) is 3.86. The topological polar surface area (TPSA) is 63.3 Å². The van der Waals surface area contributed by atoms with Gasteiger partial charge in [0, 0.05) is 11.4 Å². The summed E-state index contributed by atoms with van der Waals surface area (Å²) in [6.45, 7) is 0.488. The van der Waals surface area contributed by atoms with Gasteiger partial charge in [0.1, 0.15) is 0 Å². The van der Waals surface area contributed by atoms with Crippen LogP contribution in [0.25, 0.3) is 0 Å². The Balaban J connectivity index is 2.61. The lowest BCUT2D eigenvalue weighted by Gasteiger charge is -2.00. The van der Waals surface area contributed by atoms with Crippen LogP contribution in [0.5, 0.6) is 0 Å². The van der Waals surface area contributed by atoms with Crippen molar-refractivity contribution in [2.45, 2.75) is 11.4 Å². The van der Waals surface area contributed by atoms with Crippen molar-refractivity contribution in [2.24, 2.45) is 5.73 Å². The molecule has 0 saturated heterocycles. The maximum atomic E-state index is 10.3. The molecule has 0 amide bonds. The number of hydrogen-bond donors (Lipinski definition) is 2. The molecule has 0 heterocycles. The van der Waals surface area contributed by atoms with Gasteiger partial charge in [-0.2, -0.15) is 0 Å². The van der Waals surface area contributed by atoms with Crippen LogP contribution in [-0.2, 0) is 11.3 Å². The van der Waals surface area contributed by atoms with Crippen LogP contribution < -0.4 is 5.73 Å². The van der Waals surface area contributed by atoms with E-state index in [9.17, 15) is 4.79 Å². The van der Waals surface area contributed by atoms with Crippen LogP contribution in [-0.4, -0.2) is 16.8 Å². The number of rotatable bonds is 4. The summed E-state index contributed by atoms with van der Waals surface area (Å²) in [6, 6.07) is 7.59. The van der Waals surface area contributed by atoms with Gasteiger partial charge in [0.25, 0.3) is 0 Å². The monoisotopic (exact) mass is 197 g/mol. The molecule has 4 heteroatoms. The Bertz CT molecular complexity index is 301. The minimum atomic E-state index is -0.803. The normalized spacial score (nSPS) is 9.92. The van der Waals surface area contributed by atoms with E-state index in [0.29, 0.717) is 6.54 Å². The average molecular weight is 197 g/mol. The molecule has 0 spiro atoms. The lowest BCUT2D eigenvalue weighted by atomic mass is 10.2. The standard InChI is InChI=1S/C9H11NO2S/c10-5-7-2-1-3-8(4-7)13-6-9(11)12/h1-4H,5-6,10H2,(H,11,12). The van der Waals surface area contributed by atoms with Gasteiger partial charge in [-0.3, -0.25) is 4.79 Å². The quantitative estimate of drug-likeness (QED) is 0.715. The molecule has 0 aliphatic carbocycles. The molecule has 0 fully saturated rings. The summed E-state index contributed by atoms with van der Waals surface area (Å²) < 4.78 is 0. The smallest absolute Gasteiger partial charge is 0.313 e. The van der Waals surface area contributed by atoms with Gasteiger partial charge in [-0.25, -0.2) is 0 Å². The molecule has 1 aromatic rings. The zero-order valence-corrected chi connectivity index (χ0v) is 7.88. The molecule has 0 unspecified atom stereocenters. The first kappa shape index (κ1) is 10.1. The predicted octanol–water partition coefficient (Wildman–Crippen LogP) is 1.32. The zero-order chi connectivity index (χ0) is 9.68. The number of benzene rings is 1. The molecule has 0 aromatic heterocycles. The first-order valence-corrected chi connectivity index (χ1v) is 4.84. The van der Waals surface area contributed by atoms with E-state index in [2.05, 4.69) is 0 Å². The molecule has 3 N–H and O–H groups in total. The van der Waals surface area contributed by atoms with Gasteiger partial charge in [0.15, 0.2) is 0 Å². The van der Waals surface area contributed by atoms with E-state index in [4.69, 9.17) is 10.8 Å².